The number of fused-ring (bicyclic) bond motifs is 1. The number of nitrogens with zero attached hydrogens (tertiary/aromatic N) is 1. The Morgan fingerprint density at radius 2 is 1.45 bits per heavy atom. The second-order valence-electron chi connectivity index (χ2n) is 7.36. The van der Waals surface area contributed by atoms with Crippen LogP contribution in [0.15, 0.2) is 35.4 Å². The van der Waals surface area contributed by atoms with E-state index in [-0.39, 0.29) is 0 Å². The van der Waals surface area contributed by atoms with E-state index in [1.165, 1.54) is 0 Å². The first-order valence-corrected chi connectivity index (χ1v) is 8.60. The molecule has 0 aliphatic carbocycles. The molecule has 0 spiro atoms. The van der Waals surface area contributed by atoms with Gasteiger partial charge in [0.05, 0.1) is 5.03 Å². The van der Waals surface area contributed by atoms with Crippen LogP contribution in [0.4, 0.5) is 3.89 Å². The van der Waals surface area contributed by atoms with Crippen molar-refractivity contribution >= 4 is 21.3 Å². The van der Waals surface area contributed by atoms with Crippen molar-refractivity contribution < 1.29 is 3.89 Å². The zero-order chi connectivity index (χ0) is 15.3. The lowest BCUT2D eigenvalue weighted by molar-refractivity contribution is 0.624. The van der Waals surface area contributed by atoms with Crippen molar-refractivity contribution in [3.63, 3.8) is 0 Å². The number of rotatable bonds is 1. The predicted octanol–water partition coefficient (Wildman–Crippen LogP) is 5.82. The normalized spacial score (nSPS) is 14.8. The largest absolute Gasteiger partial charge is 0.338 e. The van der Waals surface area contributed by atoms with Gasteiger partial charge in [0.1, 0.15) is 0 Å². The van der Waals surface area contributed by atoms with E-state index in [1.54, 1.807) is 0 Å². The molecule has 0 saturated heterocycles. The summed E-state index contributed by atoms with van der Waals surface area (Å²) in [4.78, 5) is 0. The van der Waals surface area contributed by atoms with E-state index in [1.807, 2.05) is 71.4 Å². The third kappa shape index (κ3) is 2.07. The minimum absolute atomic E-state index is 0.395. The molecule has 0 radical (unpaired) electrons. The van der Waals surface area contributed by atoms with Gasteiger partial charge in [0, 0.05) is 27.4 Å². The van der Waals surface area contributed by atoms with Crippen LogP contribution in [-0.2, 0) is 7.05 Å². The Balaban J connectivity index is 2.80. The van der Waals surface area contributed by atoms with Gasteiger partial charge >= 0.3 is 0 Å². The first-order chi connectivity index (χ1) is 9.00. The Hall–Kier alpha value is -0.960. The molecule has 20 heavy (non-hydrogen) atoms. The molecule has 1 nitrogen and oxygen atoms in total. The van der Waals surface area contributed by atoms with Crippen LogP contribution < -0.4 is 0 Å². The van der Waals surface area contributed by atoms with E-state index in [0.717, 1.165) is 15.9 Å². The number of hydrogen-bond acceptors (Lipinski definition) is 0. The molecule has 2 rings (SSSR count). The summed E-state index contributed by atoms with van der Waals surface area (Å²) in [7, 11) is -0.497. The SMILES string of the molecule is Cn1c(S(F)(C(C)(C)C)C(C)(C)C)cc2ccccc21. The van der Waals surface area contributed by atoms with Gasteiger partial charge in [0.25, 0.3) is 0 Å². The maximum Gasteiger partial charge on any atom is 0.0865 e. The zero-order valence-corrected chi connectivity index (χ0v) is 14.4. The highest BCUT2D eigenvalue weighted by molar-refractivity contribution is 8.31. The molecule has 0 amide bonds. The fraction of sp³-hybridized carbons (Fsp3) is 0.529. The molecule has 0 bridgehead atoms. The minimum atomic E-state index is -2.48. The van der Waals surface area contributed by atoms with Gasteiger partial charge in [-0.3, -0.25) is 0 Å². The molecule has 2 aromatic rings. The molecule has 0 aliphatic rings. The van der Waals surface area contributed by atoms with Crippen molar-refractivity contribution in [2.45, 2.75) is 56.1 Å². The average molecular weight is 295 g/mol. The van der Waals surface area contributed by atoms with Crippen LogP contribution in [-0.4, -0.2) is 14.1 Å². The molecule has 0 unspecified atom stereocenters. The Labute approximate surface area is 123 Å². The Morgan fingerprint density at radius 1 is 0.950 bits per heavy atom. The topological polar surface area (TPSA) is 4.93 Å². The van der Waals surface area contributed by atoms with Crippen molar-refractivity contribution in [2.24, 2.45) is 7.05 Å². The molecule has 0 N–H and O–H groups in total. The molecule has 0 saturated carbocycles. The average Bonchev–Trinajstić information content (AvgIpc) is 2.64. The van der Waals surface area contributed by atoms with E-state index >= 15 is 3.89 Å². The monoisotopic (exact) mass is 295 g/mol. The van der Waals surface area contributed by atoms with Gasteiger partial charge in [0.2, 0.25) is 0 Å². The first kappa shape index (κ1) is 15.4. The summed E-state index contributed by atoms with van der Waals surface area (Å²) in [6.07, 6.45) is 0. The third-order valence-electron chi connectivity index (χ3n) is 3.88. The second-order valence-corrected chi connectivity index (χ2v) is 11.3. The fourth-order valence-corrected chi connectivity index (χ4v) is 6.94. The van der Waals surface area contributed by atoms with E-state index in [9.17, 15) is 0 Å². The quantitative estimate of drug-likeness (QED) is 0.624. The number of aromatic nitrogens is 1. The van der Waals surface area contributed by atoms with Gasteiger partial charge in [0.15, 0.2) is 0 Å². The smallest absolute Gasteiger partial charge is 0.0865 e. The second kappa shape index (κ2) is 4.52. The number of halogens is 1. The van der Waals surface area contributed by atoms with Crippen LogP contribution in [0.5, 0.6) is 0 Å². The lowest BCUT2D eigenvalue weighted by Gasteiger charge is -2.51. The van der Waals surface area contributed by atoms with Gasteiger partial charge < -0.3 is 4.57 Å². The van der Waals surface area contributed by atoms with Crippen LogP contribution in [0.25, 0.3) is 10.9 Å². The molecule has 112 valence electrons. The Bertz CT molecular complexity index is 614. The van der Waals surface area contributed by atoms with Gasteiger partial charge in [-0.05, 0) is 64.1 Å². The highest BCUT2D eigenvalue weighted by Crippen LogP contribution is 2.74. The number of hydrogen-bond donors (Lipinski definition) is 0. The minimum Gasteiger partial charge on any atom is -0.338 e. The van der Waals surface area contributed by atoms with Crippen LogP contribution in [0.2, 0.25) is 0 Å². The Morgan fingerprint density at radius 3 is 1.90 bits per heavy atom. The van der Waals surface area contributed by atoms with Crippen LogP contribution in [0, 0.1) is 0 Å². The molecule has 0 atom stereocenters. The van der Waals surface area contributed by atoms with Gasteiger partial charge in [-0.15, -0.1) is 0 Å². The number of para-hydroxylation sites is 1. The summed E-state index contributed by atoms with van der Waals surface area (Å²) in [6.45, 7) is 12.1. The highest BCUT2D eigenvalue weighted by atomic mass is 32.3. The summed E-state index contributed by atoms with van der Waals surface area (Å²) in [5, 5.41) is 1.96. The summed E-state index contributed by atoms with van der Waals surface area (Å²) in [6, 6.07) is 10.2. The molecule has 3 heteroatoms. The first-order valence-electron chi connectivity index (χ1n) is 7.07. The fourth-order valence-electron chi connectivity index (χ4n) is 3.08. The van der Waals surface area contributed by atoms with Crippen molar-refractivity contribution in [3.8, 4) is 0 Å². The maximum atomic E-state index is 16.3. The molecule has 0 fully saturated rings. The number of aryl methyl sites for hydroxylation is 1. The number of benzene rings is 1. The predicted molar refractivity (Wildman–Crippen MR) is 89.4 cm³/mol. The van der Waals surface area contributed by atoms with Crippen molar-refractivity contribution in [1.29, 1.82) is 0 Å². The standard InChI is InChI=1S/C17H26FNS/c1-16(2,3)20(18,17(4,5)6)15-12-13-10-8-9-11-14(13)19(15)7/h8-12H,1-7H3. The Kier molecular flexibility index (Phi) is 3.49. The maximum absolute atomic E-state index is 16.3. The van der Waals surface area contributed by atoms with E-state index in [4.69, 9.17) is 0 Å². The van der Waals surface area contributed by atoms with Gasteiger partial charge in [-0.25, -0.2) is 0 Å². The van der Waals surface area contributed by atoms with E-state index in [0.29, 0.717) is 0 Å². The lowest BCUT2D eigenvalue weighted by atomic mass is 10.2. The summed E-state index contributed by atoms with van der Waals surface area (Å²) in [5.74, 6) is 0. The van der Waals surface area contributed by atoms with Crippen molar-refractivity contribution in [1.82, 2.24) is 4.57 Å². The third-order valence-corrected chi connectivity index (χ3v) is 8.23. The van der Waals surface area contributed by atoms with Gasteiger partial charge in [-0.2, -0.15) is 3.89 Å². The summed E-state index contributed by atoms with van der Waals surface area (Å²) < 4.78 is 17.6. The molecule has 1 aromatic heterocycles. The summed E-state index contributed by atoms with van der Waals surface area (Å²) >= 11 is 0. The van der Waals surface area contributed by atoms with Gasteiger partial charge in [-0.1, -0.05) is 18.2 Å². The molecule has 1 heterocycles. The van der Waals surface area contributed by atoms with Crippen LogP contribution in [0.3, 0.4) is 0 Å². The van der Waals surface area contributed by atoms with Crippen molar-refractivity contribution in [3.05, 3.63) is 30.3 Å². The molecule has 0 aliphatic heterocycles. The zero-order valence-electron chi connectivity index (χ0n) is 13.6. The van der Waals surface area contributed by atoms with Crippen molar-refractivity contribution in [2.75, 3.05) is 0 Å². The summed E-state index contributed by atoms with van der Waals surface area (Å²) in [5.41, 5.74) is 1.10. The van der Waals surface area contributed by atoms with E-state index in [2.05, 4.69) is 12.1 Å². The van der Waals surface area contributed by atoms with Crippen LogP contribution in [0.1, 0.15) is 41.5 Å². The molecular weight excluding hydrogens is 269 g/mol. The highest BCUT2D eigenvalue weighted by Gasteiger charge is 2.49. The molecular formula is C17H26FNS. The van der Waals surface area contributed by atoms with E-state index < -0.39 is 19.9 Å². The molecule has 1 aromatic carbocycles. The van der Waals surface area contributed by atoms with Crippen LogP contribution >= 0.6 is 10.4 Å². The lowest BCUT2D eigenvalue weighted by Crippen LogP contribution is -2.36.